The largest absolute Gasteiger partial charge is 0.481 e. The van der Waals surface area contributed by atoms with E-state index in [1.807, 2.05) is 11.8 Å². The molecule has 18 heavy (non-hydrogen) atoms. The van der Waals surface area contributed by atoms with Crippen LogP contribution >= 0.6 is 0 Å². The zero-order valence-corrected chi connectivity index (χ0v) is 11.3. The Morgan fingerprint density at radius 3 is 2.22 bits per heavy atom. The molecule has 0 saturated carbocycles. The van der Waals surface area contributed by atoms with E-state index in [4.69, 9.17) is 5.11 Å². The highest BCUT2D eigenvalue weighted by Crippen LogP contribution is 2.06. The van der Waals surface area contributed by atoms with Gasteiger partial charge < -0.3 is 19.8 Å². The third-order valence-corrected chi connectivity index (χ3v) is 3.34. The molecule has 0 aromatic carbocycles. The Bertz CT molecular complexity index is 288. The lowest BCUT2D eigenvalue weighted by Crippen LogP contribution is -2.52. The van der Waals surface area contributed by atoms with Crippen LogP contribution in [0.25, 0.3) is 0 Å². The van der Waals surface area contributed by atoms with Gasteiger partial charge in [0.1, 0.15) is 0 Å². The fraction of sp³-hybridized carbons (Fsp3) is 0.833. The van der Waals surface area contributed by atoms with Gasteiger partial charge >= 0.3 is 12.0 Å². The molecule has 2 amide bonds. The third kappa shape index (κ3) is 4.18. The molecule has 0 atom stereocenters. The Labute approximate surface area is 108 Å². The van der Waals surface area contributed by atoms with Crippen molar-refractivity contribution in [2.45, 2.75) is 20.3 Å². The number of nitrogens with zero attached hydrogens (tertiary/aromatic N) is 3. The summed E-state index contributed by atoms with van der Waals surface area (Å²) in [5, 5.41) is 8.66. The third-order valence-electron chi connectivity index (χ3n) is 3.34. The minimum Gasteiger partial charge on any atom is -0.481 e. The highest BCUT2D eigenvalue weighted by atomic mass is 16.4. The Balaban J connectivity index is 2.44. The lowest BCUT2D eigenvalue weighted by Gasteiger charge is -2.36. The van der Waals surface area contributed by atoms with Gasteiger partial charge in [-0.2, -0.15) is 0 Å². The van der Waals surface area contributed by atoms with E-state index in [1.54, 1.807) is 4.90 Å². The first-order chi connectivity index (χ1) is 8.58. The van der Waals surface area contributed by atoms with E-state index in [-0.39, 0.29) is 12.5 Å². The quantitative estimate of drug-likeness (QED) is 0.781. The molecule has 1 aliphatic rings. The topological polar surface area (TPSA) is 64.1 Å². The van der Waals surface area contributed by atoms with E-state index in [2.05, 4.69) is 11.8 Å². The van der Waals surface area contributed by atoms with E-state index in [0.717, 1.165) is 32.7 Å². The van der Waals surface area contributed by atoms with E-state index in [0.29, 0.717) is 13.1 Å². The molecule has 1 saturated heterocycles. The van der Waals surface area contributed by atoms with Gasteiger partial charge in [0.15, 0.2) is 0 Å². The number of urea groups is 1. The molecule has 104 valence electrons. The van der Waals surface area contributed by atoms with Crippen LogP contribution in [0, 0.1) is 0 Å². The first kappa shape index (κ1) is 14.8. The molecule has 1 rings (SSSR count). The molecule has 0 unspecified atom stereocenters. The second kappa shape index (κ2) is 7.20. The summed E-state index contributed by atoms with van der Waals surface area (Å²) in [6.45, 7) is 9.12. The van der Waals surface area contributed by atoms with Gasteiger partial charge in [0.25, 0.3) is 0 Å². The van der Waals surface area contributed by atoms with Gasteiger partial charge in [-0.3, -0.25) is 4.79 Å². The zero-order valence-electron chi connectivity index (χ0n) is 11.3. The summed E-state index contributed by atoms with van der Waals surface area (Å²) in [5.74, 6) is -0.864. The Morgan fingerprint density at radius 1 is 1.17 bits per heavy atom. The van der Waals surface area contributed by atoms with E-state index in [1.165, 1.54) is 0 Å². The molecule has 0 spiro atoms. The average Bonchev–Trinajstić information content (AvgIpc) is 2.39. The highest BCUT2D eigenvalue weighted by molar-refractivity contribution is 5.75. The number of hydrogen-bond acceptors (Lipinski definition) is 3. The maximum atomic E-state index is 12.2. The Morgan fingerprint density at radius 2 is 1.78 bits per heavy atom. The first-order valence-corrected chi connectivity index (χ1v) is 6.56. The maximum Gasteiger partial charge on any atom is 0.320 e. The summed E-state index contributed by atoms with van der Waals surface area (Å²) < 4.78 is 0. The van der Waals surface area contributed by atoms with Crippen LogP contribution in [0.3, 0.4) is 0 Å². The molecular formula is C12H23N3O3. The van der Waals surface area contributed by atoms with Crippen LogP contribution in [0.1, 0.15) is 20.3 Å². The summed E-state index contributed by atoms with van der Waals surface area (Å²) in [6, 6.07) is -0.0329. The van der Waals surface area contributed by atoms with Crippen LogP contribution in [0.4, 0.5) is 4.79 Å². The fourth-order valence-electron chi connectivity index (χ4n) is 2.08. The Kier molecular flexibility index (Phi) is 5.91. The number of carboxylic acids is 1. The molecule has 0 bridgehead atoms. The summed E-state index contributed by atoms with van der Waals surface area (Å²) in [4.78, 5) is 28.4. The number of likely N-dealkylation sites (N-methyl/N-ethyl adjacent to an activating group) is 1. The highest BCUT2D eigenvalue weighted by Gasteiger charge is 2.23. The number of hydrogen-bond donors (Lipinski definition) is 1. The van der Waals surface area contributed by atoms with Gasteiger partial charge in [-0.25, -0.2) is 4.79 Å². The molecule has 0 aliphatic carbocycles. The monoisotopic (exact) mass is 257 g/mol. The molecule has 0 radical (unpaired) electrons. The molecule has 0 aromatic heterocycles. The van der Waals surface area contributed by atoms with Crippen molar-refractivity contribution in [3.63, 3.8) is 0 Å². The lowest BCUT2D eigenvalue weighted by atomic mass is 10.3. The maximum absolute atomic E-state index is 12.2. The minimum absolute atomic E-state index is 0.00844. The van der Waals surface area contributed by atoms with Crippen molar-refractivity contribution in [2.24, 2.45) is 0 Å². The summed E-state index contributed by atoms with van der Waals surface area (Å²) in [5.41, 5.74) is 0. The Hall–Kier alpha value is -1.30. The second-order valence-electron chi connectivity index (χ2n) is 4.43. The van der Waals surface area contributed by atoms with Crippen LogP contribution in [0.15, 0.2) is 0 Å². The molecule has 0 aromatic rings. The van der Waals surface area contributed by atoms with Crippen molar-refractivity contribution in [1.82, 2.24) is 14.7 Å². The number of rotatable bonds is 5. The average molecular weight is 257 g/mol. The number of carbonyl (C=O) groups excluding carboxylic acids is 1. The van der Waals surface area contributed by atoms with Gasteiger partial charge in [-0.15, -0.1) is 0 Å². The number of amides is 2. The predicted octanol–water partition coefficient (Wildman–Crippen LogP) is 0.540. The van der Waals surface area contributed by atoms with Crippen molar-refractivity contribution >= 4 is 12.0 Å². The smallest absolute Gasteiger partial charge is 0.320 e. The number of carboxylic acid groups (broad SMARTS) is 1. The summed E-state index contributed by atoms with van der Waals surface area (Å²) in [6.07, 6.45) is 0.00844. The molecule has 1 fully saturated rings. The van der Waals surface area contributed by atoms with Crippen molar-refractivity contribution < 1.29 is 14.7 Å². The van der Waals surface area contributed by atoms with Gasteiger partial charge in [-0.1, -0.05) is 6.92 Å². The van der Waals surface area contributed by atoms with Crippen molar-refractivity contribution in [1.29, 1.82) is 0 Å². The molecule has 6 heteroatoms. The molecular weight excluding hydrogens is 234 g/mol. The minimum atomic E-state index is -0.864. The van der Waals surface area contributed by atoms with Crippen LogP contribution in [0.5, 0.6) is 0 Å². The second-order valence-corrected chi connectivity index (χ2v) is 4.43. The lowest BCUT2D eigenvalue weighted by molar-refractivity contribution is -0.137. The number of aliphatic carboxylic acids is 1. The van der Waals surface area contributed by atoms with Crippen molar-refractivity contribution in [3.8, 4) is 0 Å². The van der Waals surface area contributed by atoms with Gasteiger partial charge in [0.2, 0.25) is 0 Å². The first-order valence-electron chi connectivity index (χ1n) is 6.56. The van der Waals surface area contributed by atoms with E-state index >= 15 is 0 Å². The van der Waals surface area contributed by atoms with Crippen LogP contribution in [-0.2, 0) is 4.79 Å². The summed E-state index contributed by atoms with van der Waals surface area (Å²) >= 11 is 0. The zero-order chi connectivity index (χ0) is 13.5. The number of carbonyl (C=O) groups is 2. The van der Waals surface area contributed by atoms with Crippen LogP contribution in [-0.4, -0.2) is 77.6 Å². The van der Waals surface area contributed by atoms with E-state index in [9.17, 15) is 9.59 Å². The fourth-order valence-corrected chi connectivity index (χ4v) is 2.08. The van der Waals surface area contributed by atoms with E-state index < -0.39 is 5.97 Å². The summed E-state index contributed by atoms with van der Waals surface area (Å²) in [7, 11) is 0. The normalized spacial score (nSPS) is 16.7. The van der Waals surface area contributed by atoms with Crippen LogP contribution < -0.4 is 0 Å². The van der Waals surface area contributed by atoms with Gasteiger partial charge in [0, 0.05) is 39.3 Å². The SMILES string of the molecule is CCN1CCN(C(=O)N(CC)CCC(=O)O)CC1. The standard InChI is InChI=1S/C12H23N3O3/c1-3-13-7-9-15(10-8-13)12(18)14(4-2)6-5-11(16)17/h3-10H2,1-2H3,(H,16,17). The molecule has 1 aliphatic heterocycles. The number of piperazine rings is 1. The molecule has 1 heterocycles. The van der Waals surface area contributed by atoms with Crippen molar-refractivity contribution in [3.05, 3.63) is 0 Å². The predicted molar refractivity (Wildman–Crippen MR) is 68.6 cm³/mol. The van der Waals surface area contributed by atoms with Crippen molar-refractivity contribution in [2.75, 3.05) is 45.8 Å². The van der Waals surface area contributed by atoms with Gasteiger partial charge in [-0.05, 0) is 13.5 Å². The van der Waals surface area contributed by atoms with Crippen LogP contribution in [0.2, 0.25) is 0 Å². The molecule has 1 N–H and O–H groups in total. The molecule has 6 nitrogen and oxygen atoms in total. The van der Waals surface area contributed by atoms with Gasteiger partial charge in [0.05, 0.1) is 6.42 Å².